The van der Waals surface area contributed by atoms with E-state index in [0.29, 0.717) is 6.79 Å². The van der Waals surface area contributed by atoms with Gasteiger partial charge in [0.15, 0.2) is 11.5 Å². The molecule has 0 radical (unpaired) electrons. The lowest BCUT2D eigenvalue weighted by Gasteiger charge is -2.05. The predicted octanol–water partition coefficient (Wildman–Crippen LogP) is 0.233. The van der Waals surface area contributed by atoms with E-state index in [-0.39, 0.29) is 17.0 Å². The summed E-state index contributed by atoms with van der Waals surface area (Å²) < 4.78 is 10.7. The molecule has 23 heavy (non-hydrogen) atoms. The number of hydrogen-bond donors (Lipinski definition) is 2. The van der Waals surface area contributed by atoms with Crippen LogP contribution in [0.4, 0.5) is 0 Å². The number of fused-ring (bicyclic) bond motifs is 2. The minimum absolute atomic E-state index is 0. The van der Waals surface area contributed by atoms with Crippen molar-refractivity contribution < 1.29 is 26.5 Å². The van der Waals surface area contributed by atoms with E-state index >= 15 is 0 Å². The van der Waals surface area contributed by atoms with Crippen LogP contribution in [0.3, 0.4) is 0 Å². The van der Waals surface area contributed by atoms with E-state index in [1.54, 1.807) is 0 Å². The van der Waals surface area contributed by atoms with Gasteiger partial charge >= 0.3 is 0 Å². The molecular weight excluding hydrogens is 356 g/mol. The molecular formula is C18H18BrN2O2-. The quantitative estimate of drug-likeness (QED) is 0.629. The van der Waals surface area contributed by atoms with Gasteiger partial charge in [-0.2, -0.15) is 0 Å². The van der Waals surface area contributed by atoms with Crippen LogP contribution in [-0.4, -0.2) is 18.3 Å². The molecule has 0 unspecified atom stereocenters. The summed E-state index contributed by atoms with van der Waals surface area (Å²) in [5.74, 6) is 1.68. The molecule has 4 nitrogen and oxygen atoms in total. The topological polar surface area (TPSA) is 46.3 Å². The average molecular weight is 374 g/mol. The number of halogens is 1. The third-order valence-electron chi connectivity index (χ3n) is 4.01. The van der Waals surface area contributed by atoms with Crippen molar-refractivity contribution >= 4 is 10.9 Å². The van der Waals surface area contributed by atoms with E-state index in [0.717, 1.165) is 31.0 Å². The standard InChI is InChI=1S/C18H18N2O2.BrH/c1-2-4-16-15(3-1)14(11-20-16)7-8-19-10-13-5-6-17-18(9-13)22-12-21-17;/h1-6,9,11,19-20H,7-8,10,12H2;1H/p-1. The summed E-state index contributed by atoms with van der Waals surface area (Å²) >= 11 is 0. The highest BCUT2D eigenvalue weighted by molar-refractivity contribution is 5.83. The Bertz CT molecular complexity index is 801. The highest BCUT2D eigenvalue weighted by Crippen LogP contribution is 2.32. The van der Waals surface area contributed by atoms with Crippen molar-refractivity contribution in [3.8, 4) is 11.5 Å². The van der Waals surface area contributed by atoms with Crippen LogP contribution in [0.2, 0.25) is 0 Å². The van der Waals surface area contributed by atoms with Crippen LogP contribution >= 0.6 is 0 Å². The van der Waals surface area contributed by atoms with Crippen LogP contribution in [-0.2, 0) is 13.0 Å². The van der Waals surface area contributed by atoms with Gasteiger partial charge < -0.3 is 36.8 Å². The fraction of sp³-hybridized carbons (Fsp3) is 0.222. The van der Waals surface area contributed by atoms with Crippen molar-refractivity contribution in [3.63, 3.8) is 0 Å². The zero-order chi connectivity index (χ0) is 14.8. The van der Waals surface area contributed by atoms with Crippen molar-refractivity contribution in [1.29, 1.82) is 0 Å². The monoisotopic (exact) mass is 373 g/mol. The smallest absolute Gasteiger partial charge is 0.231 e. The van der Waals surface area contributed by atoms with Crippen molar-refractivity contribution in [3.05, 3.63) is 59.8 Å². The zero-order valence-corrected chi connectivity index (χ0v) is 14.2. The number of aromatic amines is 1. The SMILES string of the molecule is [Br-].c1ccc2c(CCNCc3ccc4c(c3)OCO4)c[nH]c2c1. The van der Waals surface area contributed by atoms with E-state index in [1.807, 2.05) is 12.1 Å². The Morgan fingerprint density at radius 2 is 1.91 bits per heavy atom. The summed E-state index contributed by atoms with van der Waals surface area (Å²) in [4.78, 5) is 3.32. The van der Waals surface area contributed by atoms with Crippen LogP contribution in [0.5, 0.6) is 11.5 Å². The van der Waals surface area contributed by atoms with Gasteiger partial charge in [-0.25, -0.2) is 0 Å². The van der Waals surface area contributed by atoms with Gasteiger partial charge in [-0.15, -0.1) is 0 Å². The van der Waals surface area contributed by atoms with Crippen molar-refractivity contribution in [1.82, 2.24) is 10.3 Å². The van der Waals surface area contributed by atoms with Crippen LogP contribution in [0, 0.1) is 0 Å². The fourth-order valence-corrected chi connectivity index (χ4v) is 2.85. The Morgan fingerprint density at radius 1 is 1.04 bits per heavy atom. The maximum atomic E-state index is 5.40. The number of hydrogen-bond acceptors (Lipinski definition) is 3. The molecule has 0 fully saturated rings. The summed E-state index contributed by atoms with van der Waals surface area (Å²) in [5, 5.41) is 4.80. The molecule has 2 heterocycles. The Morgan fingerprint density at radius 3 is 2.87 bits per heavy atom. The van der Waals surface area contributed by atoms with Crippen LogP contribution in [0.25, 0.3) is 10.9 Å². The maximum Gasteiger partial charge on any atom is 0.231 e. The van der Waals surface area contributed by atoms with Gasteiger partial charge in [-0.1, -0.05) is 24.3 Å². The third kappa shape index (κ3) is 3.35. The third-order valence-corrected chi connectivity index (χ3v) is 4.01. The molecule has 5 heteroatoms. The Kier molecular flexibility index (Phi) is 4.88. The van der Waals surface area contributed by atoms with Gasteiger partial charge in [0.2, 0.25) is 6.79 Å². The number of H-pyrrole nitrogens is 1. The number of benzene rings is 2. The molecule has 0 spiro atoms. The summed E-state index contributed by atoms with van der Waals surface area (Å²) in [5.41, 5.74) is 3.77. The van der Waals surface area contributed by atoms with E-state index in [4.69, 9.17) is 9.47 Å². The first-order chi connectivity index (χ1) is 10.9. The van der Waals surface area contributed by atoms with E-state index < -0.39 is 0 Å². The molecule has 2 N–H and O–H groups in total. The van der Waals surface area contributed by atoms with Crippen molar-refractivity contribution in [2.75, 3.05) is 13.3 Å². The summed E-state index contributed by atoms with van der Waals surface area (Å²) in [6, 6.07) is 14.5. The molecule has 4 rings (SSSR count). The molecule has 1 aliphatic rings. The van der Waals surface area contributed by atoms with E-state index in [1.165, 1.54) is 22.0 Å². The normalized spacial score (nSPS) is 12.3. The number of para-hydroxylation sites is 1. The number of nitrogens with one attached hydrogen (secondary N) is 2. The maximum absolute atomic E-state index is 5.40. The second-order valence-electron chi connectivity index (χ2n) is 5.47. The van der Waals surface area contributed by atoms with Gasteiger partial charge in [-0.3, -0.25) is 0 Å². The molecule has 120 valence electrons. The molecule has 2 aromatic carbocycles. The minimum Gasteiger partial charge on any atom is -1.00 e. The average Bonchev–Trinajstić information content (AvgIpc) is 3.18. The largest absolute Gasteiger partial charge is 1.00 e. The van der Waals surface area contributed by atoms with Gasteiger partial charge in [0.25, 0.3) is 0 Å². The minimum atomic E-state index is 0. The first-order valence-electron chi connectivity index (χ1n) is 7.54. The second-order valence-corrected chi connectivity index (χ2v) is 5.47. The van der Waals surface area contributed by atoms with Gasteiger partial charge in [-0.05, 0) is 42.3 Å². The predicted molar refractivity (Wildman–Crippen MR) is 86.3 cm³/mol. The molecule has 1 aromatic heterocycles. The summed E-state index contributed by atoms with van der Waals surface area (Å²) in [7, 11) is 0. The summed E-state index contributed by atoms with van der Waals surface area (Å²) in [6.07, 6.45) is 3.11. The molecule has 0 aliphatic carbocycles. The highest BCUT2D eigenvalue weighted by Gasteiger charge is 2.12. The number of aromatic nitrogens is 1. The van der Waals surface area contributed by atoms with Crippen LogP contribution in [0.15, 0.2) is 48.7 Å². The first kappa shape index (κ1) is 15.9. The Hall–Kier alpha value is -1.98. The number of ether oxygens (including phenoxy) is 2. The Balaban J connectivity index is 0.00000156. The lowest BCUT2D eigenvalue weighted by atomic mass is 10.1. The van der Waals surface area contributed by atoms with Crippen molar-refractivity contribution in [2.24, 2.45) is 0 Å². The number of rotatable bonds is 5. The molecule has 0 amide bonds. The van der Waals surface area contributed by atoms with E-state index in [2.05, 4.69) is 46.8 Å². The van der Waals surface area contributed by atoms with Crippen LogP contribution in [0.1, 0.15) is 11.1 Å². The van der Waals surface area contributed by atoms with Gasteiger partial charge in [0.1, 0.15) is 0 Å². The van der Waals surface area contributed by atoms with E-state index in [9.17, 15) is 0 Å². The Labute approximate surface area is 145 Å². The molecule has 0 atom stereocenters. The van der Waals surface area contributed by atoms with Gasteiger partial charge in [0, 0.05) is 23.6 Å². The first-order valence-corrected chi connectivity index (χ1v) is 7.54. The molecule has 0 saturated carbocycles. The zero-order valence-electron chi connectivity index (χ0n) is 12.6. The lowest BCUT2D eigenvalue weighted by molar-refractivity contribution is -0.00000598. The van der Waals surface area contributed by atoms with Crippen LogP contribution < -0.4 is 31.8 Å². The summed E-state index contributed by atoms with van der Waals surface area (Å²) in [6.45, 7) is 2.10. The van der Waals surface area contributed by atoms with Crippen molar-refractivity contribution in [2.45, 2.75) is 13.0 Å². The molecule has 3 aromatic rings. The fourth-order valence-electron chi connectivity index (χ4n) is 2.85. The molecule has 0 bridgehead atoms. The second kappa shape index (κ2) is 7.06. The highest BCUT2D eigenvalue weighted by atomic mass is 79.9. The molecule has 0 saturated heterocycles. The van der Waals surface area contributed by atoms with Gasteiger partial charge in [0.05, 0.1) is 0 Å². The lowest BCUT2D eigenvalue weighted by Crippen LogP contribution is -3.00. The molecule has 1 aliphatic heterocycles.